The van der Waals surface area contributed by atoms with Crippen LogP contribution in [0, 0.1) is 34.9 Å². The molecule has 66 heavy (non-hydrogen) atoms. The molecule has 0 saturated heterocycles. The highest BCUT2D eigenvalue weighted by atomic mass is 19.2. The average molecular weight is 869 g/mol. The zero-order chi connectivity index (χ0) is 45.1. The van der Waals surface area contributed by atoms with Crippen LogP contribution in [0.1, 0.15) is 0 Å². The Morgan fingerprint density at radius 1 is 0.167 bits per heavy atom. The number of rotatable bonds is 0. The third kappa shape index (κ3) is 7.27. The molecule has 0 atom stereocenters. The third-order valence-electron chi connectivity index (χ3n) is 12.6. The summed E-state index contributed by atoms with van der Waals surface area (Å²) in [5.41, 5.74) is 10.6. The molecule has 0 spiro atoms. The van der Waals surface area contributed by atoms with E-state index in [1.54, 1.807) is 48.5 Å². The summed E-state index contributed by atoms with van der Waals surface area (Å²) in [5.74, 6) is -6.92. The molecule has 0 N–H and O–H groups in total. The molecule has 0 fully saturated rings. The lowest BCUT2D eigenvalue weighted by atomic mass is 9.93. The van der Waals surface area contributed by atoms with E-state index in [0.717, 1.165) is 66.8 Å². The molecule has 0 unspecified atom stereocenters. The minimum absolute atomic E-state index is 0.00164. The zero-order valence-corrected chi connectivity index (χ0v) is 34.9. The van der Waals surface area contributed by atoms with E-state index in [0.29, 0.717) is 11.1 Å². The molecule has 28 aliphatic rings. The van der Waals surface area contributed by atoms with Crippen molar-refractivity contribution in [1.29, 1.82) is 0 Å². The monoisotopic (exact) mass is 868 g/mol. The van der Waals surface area contributed by atoms with Crippen LogP contribution in [-0.2, 0) is 0 Å². The van der Waals surface area contributed by atoms with Gasteiger partial charge in [0.05, 0.1) is 11.1 Å². The van der Waals surface area contributed by atoms with Crippen LogP contribution in [0.15, 0.2) is 206 Å². The number of hydrogen-bond acceptors (Lipinski definition) is 0. The number of hydrogen-bond donors (Lipinski definition) is 0. The Kier molecular flexibility index (Phi) is 10.1. The molecule has 316 valence electrons. The van der Waals surface area contributed by atoms with Gasteiger partial charge in [0.2, 0.25) is 0 Å². The summed E-state index contributed by atoms with van der Waals surface area (Å²) in [6.45, 7) is 0. The molecule has 10 aromatic rings. The van der Waals surface area contributed by atoms with Gasteiger partial charge in [-0.1, -0.05) is 194 Å². The summed E-state index contributed by atoms with van der Waals surface area (Å²) in [5, 5.41) is 0. The fourth-order valence-electron chi connectivity index (χ4n) is 8.89. The van der Waals surface area contributed by atoms with Crippen molar-refractivity contribution in [1.82, 2.24) is 0 Å². The van der Waals surface area contributed by atoms with Crippen molar-refractivity contribution >= 4 is 0 Å². The van der Waals surface area contributed by atoms with Gasteiger partial charge in [-0.2, -0.15) is 0 Å². The Morgan fingerprint density at radius 3 is 0.470 bits per heavy atom. The molecule has 0 amide bonds. The highest BCUT2D eigenvalue weighted by Gasteiger charge is 2.27. The summed E-state index contributed by atoms with van der Waals surface area (Å²) in [4.78, 5) is 0. The Morgan fingerprint density at radius 2 is 0.303 bits per heavy atom. The maximum absolute atomic E-state index is 15.8. The Labute approximate surface area is 377 Å². The Balaban J connectivity index is 0.954. The van der Waals surface area contributed by atoms with Crippen molar-refractivity contribution in [2.45, 2.75) is 0 Å². The van der Waals surface area contributed by atoms with Crippen LogP contribution in [0.25, 0.3) is 111 Å². The van der Waals surface area contributed by atoms with Crippen LogP contribution in [0.4, 0.5) is 26.3 Å². The van der Waals surface area contributed by atoms with Crippen LogP contribution < -0.4 is 0 Å². The maximum atomic E-state index is 15.8. The average Bonchev–Trinajstić information content (AvgIpc) is 3.37. The first kappa shape index (κ1) is 40.5. The smallest absolute Gasteiger partial charge is 0.170 e. The van der Waals surface area contributed by atoms with Crippen molar-refractivity contribution in [2.75, 3.05) is 0 Å². The molecule has 28 aliphatic carbocycles. The first-order valence-electron chi connectivity index (χ1n) is 21.4. The minimum Gasteiger partial charge on any atom is -0.206 e. The van der Waals surface area contributed by atoms with E-state index in [4.69, 9.17) is 0 Å². The zero-order valence-electron chi connectivity index (χ0n) is 34.9. The van der Waals surface area contributed by atoms with E-state index in [1.807, 2.05) is 121 Å². The van der Waals surface area contributed by atoms with Gasteiger partial charge in [0.15, 0.2) is 23.3 Å². The van der Waals surface area contributed by atoms with Crippen LogP contribution in [-0.4, -0.2) is 0 Å². The fraction of sp³-hybridized carbons (Fsp3) is 0. The quantitative estimate of drug-likeness (QED) is 0.105. The molecule has 6 heteroatoms. The van der Waals surface area contributed by atoms with Gasteiger partial charge in [-0.05, 0) is 101 Å². The van der Waals surface area contributed by atoms with E-state index in [2.05, 4.69) is 0 Å². The van der Waals surface area contributed by atoms with Crippen molar-refractivity contribution < 1.29 is 26.3 Å². The molecule has 0 aliphatic heterocycles. The molecular formula is C60H34F6. The fourth-order valence-corrected chi connectivity index (χ4v) is 8.89. The van der Waals surface area contributed by atoms with Crippen molar-refractivity contribution in [3.05, 3.63) is 241 Å². The Bertz CT molecular complexity index is 3170. The largest absolute Gasteiger partial charge is 0.206 e. The molecule has 0 saturated carbocycles. The van der Waals surface area contributed by atoms with Gasteiger partial charge in [0.25, 0.3) is 0 Å². The van der Waals surface area contributed by atoms with Crippen LogP contribution in [0.5, 0.6) is 0 Å². The highest BCUT2D eigenvalue weighted by Crippen LogP contribution is 2.40. The van der Waals surface area contributed by atoms with E-state index in [-0.39, 0.29) is 22.3 Å². The van der Waals surface area contributed by atoms with Crippen LogP contribution in [0.2, 0.25) is 0 Å². The summed E-state index contributed by atoms with van der Waals surface area (Å²) in [7, 11) is 0. The third-order valence-corrected chi connectivity index (χ3v) is 12.6. The van der Waals surface area contributed by atoms with Gasteiger partial charge in [0.1, 0.15) is 11.6 Å². The second kappa shape index (κ2) is 16.4. The van der Waals surface area contributed by atoms with Crippen molar-refractivity contribution in [3.8, 4) is 111 Å². The summed E-state index contributed by atoms with van der Waals surface area (Å²) >= 11 is 0. The summed E-state index contributed by atoms with van der Waals surface area (Å²) < 4.78 is 94.4. The van der Waals surface area contributed by atoms with E-state index in [1.165, 1.54) is 36.4 Å². The lowest BCUT2D eigenvalue weighted by Gasteiger charge is -2.14. The normalized spacial score (nSPS) is 11.5. The highest BCUT2D eigenvalue weighted by molar-refractivity contribution is 5.81. The molecule has 20 bridgehead atoms. The van der Waals surface area contributed by atoms with Crippen molar-refractivity contribution in [3.63, 3.8) is 0 Å². The van der Waals surface area contributed by atoms with Crippen LogP contribution >= 0.6 is 0 Å². The molecule has 0 radical (unpaired) electrons. The van der Waals surface area contributed by atoms with E-state index < -0.39 is 46.0 Å². The van der Waals surface area contributed by atoms with Gasteiger partial charge in [-0.25, -0.2) is 26.3 Å². The van der Waals surface area contributed by atoms with Gasteiger partial charge >= 0.3 is 0 Å². The first-order valence-corrected chi connectivity index (χ1v) is 21.4. The molecule has 38 rings (SSSR count). The lowest BCUT2D eigenvalue weighted by Crippen LogP contribution is -2.03. The van der Waals surface area contributed by atoms with Gasteiger partial charge in [-0.15, -0.1) is 0 Å². The van der Waals surface area contributed by atoms with Gasteiger partial charge in [0, 0.05) is 11.1 Å². The molecule has 0 heterocycles. The SMILES string of the molecule is Fc1cc2c(F)cc1-c1ccc(cc1)-c1ccc(cc1)-c1ccc(cc1)-c1ccc(cc1)-c1c(F)c(F)c(c(F)c1F)-c1ccc(cc1)-c1ccc(cc1)-c1ccc(cc1)-c1ccc-2cc1. The maximum Gasteiger partial charge on any atom is 0.170 e. The second-order valence-corrected chi connectivity index (χ2v) is 16.4. The van der Waals surface area contributed by atoms with E-state index in [9.17, 15) is 0 Å². The Hall–Kier alpha value is -8.22. The predicted octanol–water partition coefficient (Wildman–Crippen LogP) is 17.5. The van der Waals surface area contributed by atoms with E-state index >= 15 is 26.3 Å². The van der Waals surface area contributed by atoms with Crippen LogP contribution in [0.3, 0.4) is 0 Å². The first-order chi connectivity index (χ1) is 32.2. The summed E-state index contributed by atoms with van der Waals surface area (Å²) in [6.07, 6.45) is 0. The molecule has 10 aromatic carbocycles. The van der Waals surface area contributed by atoms with Gasteiger partial charge in [-0.3, -0.25) is 0 Å². The van der Waals surface area contributed by atoms with Crippen molar-refractivity contribution in [2.24, 2.45) is 0 Å². The summed E-state index contributed by atoms with van der Waals surface area (Å²) in [6, 6.07) is 61.2. The number of halogens is 6. The minimum atomic E-state index is -1.47. The topological polar surface area (TPSA) is 0 Å². The molecular weight excluding hydrogens is 835 g/mol. The molecule has 0 nitrogen and oxygen atoms in total. The number of benzene rings is 10. The standard InChI is InChI=1S/C60H34F6/c61-53-34-52-48-27-19-44(20-28-48)40-11-3-36(4-12-40)38-7-15-42(16-8-38)46-23-31-50(32-24-46)56-59(65)57(63)55(58(64)60(56)66)49-29-21-45(22-30-49)41-13-5-37(6-14-41)35-1-9-39(10-2-35)43-17-25-47(26-18-43)51(53)33-54(52)62/h1-34H. The van der Waals surface area contributed by atoms with Gasteiger partial charge < -0.3 is 0 Å². The lowest BCUT2D eigenvalue weighted by molar-refractivity contribution is 0.463. The predicted molar refractivity (Wildman–Crippen MR) is 254 cm³/mol. The molecule has 0 aromatic heterocycles. The second-order valence-electron chi connectivity index (χ2n) is 16.4.